The van der Waals surface area contributed by atoms with Crippen molar-refractivity contribution in [3.63, 3.8) is 0 Å². The van der Waals surface area contributed by atoms with Crippen LogP contribution in [0.4, 0.5) is 0 Å². The van der Waals surface area contributed by atoms with Crippen LogP contribution in [0.1, 0.15) is 19.8 Å². The summed E-state index contributed by atoms with van der Waals surface area (Å²) < 4.78 is 0. The van der Waals surface area contributed by atoms with E-state index in [4.69, 9.17) is 0 Å². The van der Waals surface area contributed by atoms with E-state index in [2.05, 4.69) is 6.58 Å². The molecule has 0 heterocycles. The van der Waals surface area contributed by atoms with Crippen LogP contribution < -0.4 is 0 Å². The number of carbonyl (C=O) groups excluding carboxylic acids is 1. The molecule has 1 aliphatic carbocycles. The van der Waals surface area contributed by atoms with Gasteiger partial charge in [0.2, 0.25) is 0 Å². The van der Waals surface area contributed by atoms with Crippen LogP contribution in [-0.4, -0.2) is 5.78 Å². The quantitative estimate of drug-likeness (QED) is 0.432. The zero-order valence-electron chi connectivity index (χ0n) is 5.11. The summed E-state index contributed by atoms with van der Waals surface area (Å²) >= 11 is 0. The molecule has 1 aliphatic rings. The molecular weight excluding hydrogens is 100 g/mol. The van der Waals surface area contributed by atoms with E-state index in [0.29, 0.717) is 5.92 Å². The molecule has 0 aliphatic heterocycles. The zero-order chi connectivity index (χ0) is 6.15. The van der Waals surface area contributed by atoms with Crippen LogP contribution in [0.2, 0.25) is 0 Å². The lowest BCUT2D eigenvalue weighted by atomic mass is 10.1. The van der Waals surface area contributed by atoms with Gasteiger partial charge in [-0.1, -0.05) is 13.5 Å². The third-order valence-corrected chi connectivity index (χ3v) is 1.76. The van der Waals surface area contributed by atoms with Gasteiger partial charge < -0.3 is 0 Å². The summed E-state index contributed by atoms with van der Waals surface area (Å²) in [5.74, 6) is 0.708. The fraction of sp³-hybridized carbons (Fsp3) is 0.571. The van der Waals surface area contributed by atoms with E-state index < -0.39 is 0 Å². The van der Waals surface area contributed by atoms with Crippen LogP contribution in [0.15, 0.2) is 12.2 Å². The molecule has 1 nitrogen and oxygen atoms in total. The average Bonchev–Trinajstić information content (AvgIpc) is 1.98. The molecular formula is C7H10O. The van der Waals surface area contributed by atoms with Crippen molar-refractivity contribution in [1.29, 1.82) is 0 Å². The minimum absolute atomic E-state index is 0.262. The highest BCUT2D eigenvalue weighted by Crippen LogP contribution is 2.25. The van der Waals surface area contributed by atoms with Crippen LogP contribution in [0.3, 0.4) is 0 Å². The van der Waals surface area contributed by atoms with Crippen molar-refractivity contribution in [2.24, 2.45) is 5.92 Å². The minimum Gasteiger partial charge on any atom is -0.295 e. The number of allylic oxidation sites excluding steroid dienone is 1. The molecule has 1 heteroatoms. The first kappa shape index (κ1) is 5.54. The molecule has 1 rings (SSSR count). The summed E-state index contributed by atoms with van der Waals surface area (Å²) in [6.45, 7) is 5.72. The number of hydrogen-bond donors (Lipinski definition) is 0. The van der Waals surface area contributed by atoms with Crippen LogP contribution in [0.5, 0.6) is 0 Å². The van der Waals surface area contributed by atoms with Gasteiger partial charge in [0.15, 0.2) is 5.78 Å². The summed E-state index contributed by atoms with van der Waals surface area (Å²) in [6, 6.07) is 0. The van der Waals surface area contributed by atoms with Crippen molar-refractivity contribution in [3.05, 3.63) is 12.2 Å². The number of rotatable bonds is 0. The number of hydrogen-bond acceptors (Lipinski definition) is 1. The fourth-order valence-electron chi connectivity index (χ4n) is 0.957. The molecule has 1 fully saturated rings. The standard InChI is InChI=1S/C7H10O/c1-5-3-4-7(8)6(5)2/h5H,2-4H2,1H3. The third-order valence-electron chi connectivity index (χ3n) is 1.76. The Labute approximate surface area is 49.4 Å². The van der Waals surface area contributed by atoms with Gasteiger partial charge in [0.1, 0.15) is 0 Å². The van der Waals surface area contributed by atoms with E-state index in [0.717, 1.165) is 18.4 Å². The zero-order valence-corrected chi connectivity index (χ0v) is 5.11. The van der Waals surface area contributed by atoms with Gasteiger partial charge in [-0.2, -0.15) is 0 Å². The van der Waals surface area contributed by atoms with E-state index in [1.165, 1.54) is 0 Å². The van der Waals surface area contributed by atoms with Crippen molar-refractivity contribution < 1.29 is 4.79 Å². The highest BCUT2D eigenvalue weighted by molar-refractivity contribution is 5.97. The summed E-state index contributed by atoms with van der Waals surface area (Å²) in [5.41, 5.74) is 0.824. The lowest BCUT2D eigenvalue weighted by molar-refractivity contribution is -0.114. The van der Waals surface area contributed by atoms with E-state index in [1.54, 1.807) is 0 Å². The SMILES string of the molecule is C=C1C(=O)CCC1C. The van der Waals surface area contributed by atoms with Gasteiger partial charge in [0, 0.05) is 6.42 Å². The van der Waals surface area contributed by atoms with Gasteiger partial charge in [-0.25, -0.2) is 0 Å². The Morgan fingerprint density at radius 2 is 2.38 bits per heavy atom. The van der Waals surface area contributed by atoms with Gasteiger partial charge in [-0.05, 0) is 17.9 Å². The average molecular weight is 110 g/mol. The maximum absolute atomic E-state index is 10.7. The Morgan fingerprint density at radius 1 is 1.75 bits per heavy atom. The van der Waals surface area contributed by atoms with Crippen LogP contribution in [-0.2, 0) is 4.79 Å². The fourth-order valence-corrected chi connectivity index (χ4v) is 0.957. The molecule has 0 aromatic carbocycles. The van der Waals surface area contributed by atoms with Crippen molar-refractivity contribution in [2.75, 3.05) is 0 Å². The lowest BCUT2D eigenvalue weighted by Gasteiger charge is -1.95. The molecule has 1 saturated carbocycles. The minimum atomic E-state index is 0.262. The molecule has 0 aromatic heterocycles. The first-order valence-corrected chi connectivity index (χ1v) is 2.94. The van der Waals surface area contributed by atoms with E-state index >= 15 is 0 Å². The highest BCUT2D eigenvalue weighted by Gasteiger charge is 2.21. The van der Waals surface area contributed by atoms with E-state index in [-0.39, 0.29) is 5.78 Å². The molecule has 0 saturated heterocycles. The summed E-state index contributed by atoms with van der Waals surface area (Å²) in [4.78, 5) is 10.7. The maximum atomic E-state index is 10.7. The monoisotopic (exact) mass is 110 g/mol. The van der Waals surface area contributed by atoms with E-state index in [1.807, 2.05) is 6.92 Å². The molecule has 0 bridgehead atoms. The topological polar surface area (TPSA) is 17.1 Å². The number of Topliss-reactive ketones (excluding diaryl/α,β-unsaturated/α-hetero) is 1. The molecule has 0 amide bonds. The normalized spacial score (nSPS) is 29.4. The second-order valence-corrected chi connectivity index (χ2v) is 2.39. The van der Waals surface area contributed by atoms with Crippen molar-refractivity contribution in [2.45, 2.75) is 19.8 Å². The molecule has 0 aromatic rings. The van der Waals surface area contributed by atoms with Gasteiger partial charge >= 0.3 is 0 Å². The van der Waals surface area contributed by atoms with Gasteiger partial charge in [0.05, 0.1) is 0 Å². The lowest BCUT2D eigenvalue weighted by Crippen LogP contribution is -1.93. The Bertz CT molecular complexity index is 135. The van der Waals surface area contributed by atoms with Crippen LogP contribution in [0.25, 0.3) is 0 Å². The summed E-state index contributed by atoms with van der Waals surface area (Å²) in [7, 11) is 0. The molecule has 1 unspecified atom stereocenters. The summed E-state index contributed by atoms with van der Waals surface area (Å²) in [5, 5.41) is 0. The molecule has 0 spiro atoms. The molecule has 0 radical (unpaired) electrons. The first-order valence-electron chi connectivity index (χ1n) is 2.94. The Kier molecular flexibility index (Phi) is 1.20. The predicted molar refractivity (Wildman–Crippen MR) is 32.5 cm³/mol. The maximum Gasteiger partial charge on any atom is 0.158 e. The Hall–Kier alpha value is -0.590. The number of carbonyl (C=O) groups is 1. The van der Waals surface area contributed by atoms with Crippen LogP contribution in [0, 0.1) is 5.92 Å². The second-order valence-electron chi connectivity index (χ2n) is 2.39. The largest absolute Gasteiger partial charge is 0.295 e. The van der Waals surface area contributed by atoms with E-state index in [9.17, 15) is 4.79 Å². The Morgan fingerprint density at radius 3 is 2.50 bits per heavy atom. The molecule has 8 heavy (non-hydrogen) atoms. The van der Waals surface area contributed by atoms with Crippen molar-refractivity contribution in [1.82, 2.24) is 0 Å². The Balaban J connectivity index is 2.71. The molecule has 0 N–H and O–H groups in total. The van der Waals surface area contributed by atoms with Crippen molar-refractivity contribution >= 4 is 5.78 Å². The van der Waals surface area contributed by atoms with Gasteiger partial charge in [0.25, 0.3) is 0 Å². The predicted octanol–water partition coefficient (Wildman–Crippen LogP) is 1.54. The van der Waals surface area contributed by atoms with Crippen molar-refractivity contribution in [3.8, 4) is 0 Å². The van der Waals surface area contributed by atoms with Gasteiger partial charge in [-0.3, -0.25) is 4.79 Å². The molecule has 44 valence electrons. The van der Waals surface area contributed by atoms with Gasteiger partial charge in [-0.15, -0.1) is 0 Å². The third kappa shape index (κ3) is 0.683. The number of ketones is 1. The van der Waals surface area contributed by atoms with Crippen LogP contribution >= 0.6 is 0 Å². The second kappa shape index (κ2) is 1.73. The summed E-state index contributed by atoms with van der Waals surface area (Å²) in [6.07, 6.45) is 1.73. The first-order chi connectivity index (χ1) is 3.72. The highest BCUT2D eigenvalue weighted by atomic mass is 16.1. The smallest absolute Gasteiger partial charge is 0.158 e. The molecule has 1 atom stereocenters.